The fraction of sp³-hybridized carbons (Fsp3) is 0.333. The maximum absolute atomic E-state index is 4.30. The highest BCUT2D eigenvalue weighted by molar-refractivity contribution is 5.43. The fourth-order valence-corrected chi connectivity index (χ4v) is 1.67. The Labute approximate surface area is 95.3 Å². The van der Waals surface area contributed by atoms with Crippen molar-refractivity contribution in [1.29, 1.82) is 0 Å². The number of aryl methyl sites for hydroxylation is 3. The van der Waals surface area contributed by atoms with Crippen LogP contribution < -0.4 is 5.32 Å². The lowest BCUT2D eigenvalue weighted by Gasteiger charge is -2.06. The molecule has 0 radical (unpaired) electrons. The molecule has 2 rings (SSSR count). The molecule has 0 saturated carbocycles. The molecule has 0 aliphatic rings. The van der Waals surface area contributed by atoms with E-state index in [9.17, 15) is 0 Å². The van der Waals surface area contributed by atoms with Gasteiger partial charge in [-0.15, -0.1) is 0 Å². The zero-order valence-corrected chi connectivity index (χ0v) is 9.86. The summed E-state index contributed by atoms with van der Waals surface area (Å²) in [6.45, 7) is 4.82. The lowest BCUT2D eigenvalue weighted by Crippen LogP contribution is -2.03. The van der Waals surface area contributed by atoms with Crippen LogP contribution in [-0.2, 0) is 13.6 Å². The summed E-state index contributed by atoms with van der Waals surface area (Å²) in [5, 5.41) is 7.62. The van der Waals surface area contributed by atoms with E-state index in [1.165, 1.54) is 5.56 Å². The number of nitrogens with one attached hydrogen (secondary N) is 1. The largest absolute Gasteiger partial charge is 0.366 e. The third-order valence-corrected chi connectivity index (χ3v) is 2.57. The van der Waals surface area contributed by atoms with Crippen molar-refractivity contribution in [2.45, 2.75) is 20.4 Å². The molecule has 0 saturated heterocycles. The molecule has 0 atom stereocenters. The standard InChI is InChI=1S/C12H16N4/c1-9-5-4-6-13-12(9)14-7-11-8-16(3)15-10(11)2/h4-6,8H,7H2,1-3H3,(H,13,14). The molecule has 0 bridgehead atoms. The zero-order valence-electron chi connectivity index (χ0n) is 9.86. The van der Waals surface area contributed by atoms with Gasteiger partial charge in [0.1, 0.15) is 5.82 Å². The van der Waals surface area contributed by atoms with E-state index in [2.05, 4.69) is 15.4 Å². The molecule has 0 aliphatic carbocycles. The molecular formula is C12H16N4. The van der Waals surface area contributed by atoms with Crippen LogP contribution in [0.4, 0.5) is 5.82 Å². The summed E-state index contributed by atoms with van der Waals surface area (Å²) >= 11 is 0. The first-order valence-corrected chi connectivity index (χ1v) is 5.31. The van der Waals surface area contributed by atoms with Gasteiger partial charge in [0.25, 0.3) is 0 Å². The number of pyridine rings is 1. The van der Waals surface area contributed by atoms with E-state index in [1.807, 2.05) is 43.9 Å². The SMILES string of the molecule is Cc1cccnc1NCc1cn(C)nc1C. The molecule has 0 aliphatic heterocycles. The maximum atomic E-state index is 4.30. The van der Waals surface area contributed by atoms with Gasteiger partial charge in [-0.1, -0.05) is 6.07 Å². The van der Waals surface area contributed by atoms with Gasteiger partial charge >= 0.3 is 0 Å². The number of anilines is 1. The molecule has 0 aromatic carbocycles. The lowest BCUT2D eigenvalue weighted by atomic mass is 10.2. The molecule has 16 heavy (non-hydrogen) atoms. The quantitative estimate of drug-likeness (QED) is 0.853. The Morgan fingerprint density at radius 1 is 1.38 bits per heavy atom. The van der Waals surface area contributed by atoms with Crippen molar-refractivity contribution in [3.8, 4) is 0 Å². The molecule has 0 unspecified atom stereocenters. The van der Waals surface area contributed by atoms with Crippen LogP contribution in [0.25, 0.3) is 0 Å². The average Bonchev–Trinajstić information content (AvgIpc) is 2.56. The number of hydrogen-bond acceptors (Lipinski definition) is 3. The molecule has 2 heterocycles. The molecule has 4 nitrogen and oxygen atoms in total. The van der Waals surface area contributed by atoms with Crippen LogP contribution in [0.5, 0.6) is 0 Å². The first-order chi connectivity index (χ1) is 7.66. The summed E-state index contributed by atoms with van der Waals surface area (Å²) in [7, 11) is 1.93. The van der Waals surface area contributed by atoms with Gasteiger partial charge < -0.3 is 5.32 Å². The summed E-state index contributed by atoms with van der Waals surface area (Å²) in [6, 6.07) is 3.99. The van der Waals surface area contributed by atoms with Gasteiger partial charge in [0.15, 0.2) is 0 Å². The van der Waals surface area contributed by atoms with Crippen LogP contribution in [0, 0.1) is 13.8 Å². The van der Waals surface area contributed by atoms with Crippen molar-refractivity contribution in [3.05, 3.63) is 41.3 Å². The van der Waals surface area contributed by atoms with Crippen LogP contribution in [0.3, 0.4) is 0 Å². The molecule has 0 spiro atoms. The highest BCUT2D eigenvalue weighted by Gasteiger charge is 2.03. The van der Waals surface area contributed by atoms with E-state index in [0.717, 1.165) is 23.6 Å². The van der Waals surface area contributed by atoms with Crippen LogP contribution >= 0.6 is 0 Å². The second kappa shape index (κ2) is 4.35. The van der Waals surface area contributed by atoms with Crippen LogP contribution in [-0.4, -0.2) is 14.8 Å². The summed E-state index contributed by atoms with van der Waals surface area (Å²) < 4.78 is 1.83. The van der Waals surface area contributed by atoms with Crippen molar-refractivity contribution in [2.24, 2.45) is 7.05 Å². The van der Waals surface area contributed by atoms with E-state index in [4.69, 9.17) is 0 Å². The minimum atomic E-state index is 0.761. The molecule has 1 N–H and O–H groups in total. The number of rotatable bonds is 3. The van der Waals surface area contributed by atoms with Crippen LogP contribution in [0.1, 0.15) is 16.8 Å². The molecular weight excluding hydrogens is 200 g/mol. The van der Waals surface area contributed by atoms with Crippen LogP contribution in [0.2, 0.25) is 0 Å². The van der Waals surface area contributed by atoms with Gasteiger partial charge in [0.2, 0.25) is 0 Å². The number of aromatic nitrogens is 3. The van der Waals surface area contributed by atoms with Gasteiger partial charge in [-0.25, -0.2) is 4.98 Å². The predicted molar refractivity (Wildman–Crippen MR) is 64.2 cm³/mol. The van der Waals surface area contributed by atoms with E-state index in [-0.39, 0.29) is 0 Å². The Hall–Kier alpha value is -1.84. The third-order valence-electron chi connectivity index (χ3n) is 2.57. The summed E-state index contributed by atoms with van der Waals surface area (Å²) in [6.07, 6.45) is 3.83. The minimum absolute atomic E-state index is 0.761. The topological polar surface area (TPSA) is 42.7 Å². The van der Waals surface area contributed by atoms with Gasteiger partial charge in [0, 0.05) is 31.5 Å². The van der Waals surface area contributed by atoms with Crippen molar-refractivity contribution in [1.82, 2.24) is 14.8 Å². The normalized spacial score (nSPS) is 10.4. The Kier molecular flexibility index (Phi) is 2.90. The second-order valence-corrected chi connectivity index (χ2v) is 3.94. The van der Waals surface area contributed by atoms with E-state index < -0.39 is 0 Å². The van der Waals surface area contributed by atoms with Gasteiger partial charge in [-0.3, -0.25) is 4.68 Å². The molecule has 0 fully saturated rings. The molecule has 0 amide bonds. The van der Waals surface area contributed by atoms with E-state index >= 15 is 0 Å². The van der Waals surface area contributed by atoms with Crippen molar-refractivity contribution in [3.63, 3.8) is 0 Å². The fourth-order valence-electron chi connectivity index (χ4n) is 1.67. The van der Waals surface area contributed by atoms with Crippen LogP contribution in [0.15, 0.2) is 24.5 Å². The third kappa shape index (κ3) is 2.21. The average molecular weight is 216 g/mol. The summed E-state index contributed by atoms with van der Waals surface area (Å²) in [5.41, 5.74) is 3.42. The molecule has 2 aromatic heterocycles. The Balaban J connectivity index is 2.08. The van der Waals surface area contributed by atoms with Crippen molar-refractivity contribution in [2.75, 3.05) is 5.32 Å². The predicted octanol–water partition coefficient (Wildman–Crippen LogP) is 2.04. The lowest BCUT2D eigenvalue weighted by molar-refractivity contribution is 0.756. The van der Waals surface area contributed by atoms with Gasteiger partial charge in [-0.05, 0) is 25.5 Å². The Bertz CT molecular complexity index is 488. The van der Waals surface area contributed by atoms with E-state index in [1.54, 1.807) is 6.20 Å². The first-order valence-electron chi connectivity index (χ1n) is 5.31. The smallest absolute Gasteiger partial charge is 0.129 e. The molecule has 2 aromatic rings. The van der Waals surface area contributed by atoms with Gasteiger partial charge in [0.05, 0.1) is 5.69 Å². The Morgan fingerprint density at radius 3 is 2.81 bits per heavy atom. The highest BCUT2D eigenvalue weighted by atomic mass is 15.3. The first kappa shape index (κ1) is 10.7. The number of hydrogen-bond donors (Lipinski definition) is 1. The van der Waals surface area contributed by atoms with Crippen molar-refractivity contribution >= 4 is 5.82 Å². The molecule has 4 heteroatoms. The van der Waals surface area contributed by atoms with E-state index in [0.29, 0.717) is 0 Å². The van der Waals surface area contributed by atoms with Crippen molar-refractivity contribution < 1.29 is 0 Å². The highest BCUT2D eigenvalue weighted by Crippen LogP contribution is 2.12. The summed E-state index contributed by atoms with van der Waals surface area (Å²) in [4.78, 5) is 4.29. The van der Waals surface area contributed by atoms with Gasteiger partial charge in [-0.2, -0.15) is 5.10 Å². The Morgan fingerprint density at radius 2 is 2.19 bits per heavy atom. The maximum Gasteiger partial charge on any atom is 0.129 e. The second-order valence-electron chi connectivity index (χ2n) is 3.94. The minimum Gasteiger partial charge on any atom is -0.366 e. The number of nitrogens with zero attached hydrogens (tertiary/aromatic N) is 3. The zero-order chi connectivity index (χ0) is 11.5. The monoisotopic (exact) mass is 216 g/mol. The molecule has 84 valence electrons. The summed E-state index contributed by atoms with van der Waals surface area (Å²) in [5.74, 6) is 0.936.